The van der Waals surface area contributed by atoms with Gasteiger partial charge in [0.1, 0.15) is 12.4 Å². The summed E-state index contributed by atoms with van der Waals surface area (Å²) in [6.07, 6.45) is 12.3. The smallest absolute Gasteiger partial charge is 0.319 e. The Morgan fingerprint density at radius 3 is 2.66 bits per heavy atom. The molecule has 1 fully saturated rings. The van der Waals surface area contributed by atoms with Gasteiger partial charge >= 0.3 is 6.01 Å². The molecule has 178 valence electrons. The van der Waals surface area contributed by atoms with Crippen LogP contribution in [0, 0.1) is 0 Å². The minimum Gasteiger partial charge on any atom is -0.462 e. The van der Waals surface area contributed by atoms with Crippen molar-refractivity contribution in [2.24, 2.45) is 5.10 Å². The van der Waals surface area contributed by atoms with Crippen molar-refractivity contribution >= 4 is 23.8 Å². The van der Waals surface area contributed by atoms with Gasteiger partial charge in [-0.15, -0.1) is 11.8 Å². The zero-order valence-corrected chi connectivity index (χ0v) is 20.9. The van der Waals surface area contributed by atoms with E-state index in [1.54, 1.807) is 6.21 Å². The van der Waals surface area contributed by atoms with Crippen LogP contribution in [-0.4, -0.2) is 65.7 Å². The van der Waals surface area contributed by atoms with Crippen molar-refractivity contribution in [3.05, 3.63) is 22.9 Å². The highest BCUT2D eigenvalue weighted by Crippen LogP contribution is 2.32. The van der Waals surface area contributed by atoms with Crippen LogP contribution in [0.1, 0.15) is 71.4 Å². The number of hydrogen-bond acceptors (Lipinski definition) is 8. The quantitative estimate of drug-likeness (QED) is 0.339. The van der Waals surface area contributed by atoms with Gasteiger partial charge in [-0.2, -0.15) is 15.1 Å². The number of ether oxygens (including phenoxy) is 1. The molecule has 1 aromatic heterocycles. The molecule has 0 aliphatic carbocycles. The van der Waals surface area contributed by atoms with Gasteiger partial charge in [0.15, 0.2) is 0 Å². The topological polar surface area (TPSA) is 65.9 Å². The highest BCUT2D eigenvalue weighted by molar-refractivity contribution is 8.03. The Bertz CT molecular complexity index is 744. The zero-order chi connectivity index (χ0) is 22.6. The summed E-state index contributed by atoms with van der Waals surface area (Å²) in [5.41, 5.74) is 3.94. The van der Waals surface area contributed by atoms with Crippen LogP contribution in [0.5, 0.6) is 6.01 Å². The number of nitrogens with zero attached hydrogens (tertiary/aromatic N) is 5. The normalized spacial score (nSPS) is 19.3. The van der Waals surface area contributed by atoms with Gasteiger partial charge in [0.2, 0.25) is 0 Å². The highest BCUT2D eigenvalue weighted by atomic mass is 32.2. The number of rotatable bonds is 13. The van der Waals surface area contributed by atoms with Crippen molar-refractivity contribution in [3.63, 3.8) is 0 Å². The van der Waals surface area contributed by atoms with Crippen molar-refractivity contribution in [2.75, 3.05) is 44.2 Å². The third kappa shape index (κ3) is 7.96. The van der Waals surface area contributed by atoms with E-state index in [1.807, 2.05) is 17.8 Å². The molecule has 1 N–H and O–H groups in total. The third-order valence-electron chi connectivity index (χ3n) is 5.80. The third-order valence-corrected chi connectivity index (χ3v) is 7.17. The molecule has 8 heteroatoms. The second kappa shape index (κ2) is 13.7. The minimum atomic E-state index is 0.443. The SMILES string of the molecule is CCCN(CCC)c1cc(/C=N/NC2=CCC(CC)S2)nc(OCCN2CCCCC2)n1. The summed E-state index contributed by atoms with van der Waals surface area (Å²) < 4.78 is 6.02. The first kappa shape index (κ1) is 24.8. The fraction of sp³-hybridized carbons (Fsp3) is 0.708. The molecule has 1 saturated heterocycles. The number of likely N-dealkylation sites (tertiary alicyclic amines) is 1. The van der Waals surface area contributed by atoms with Crippen molar-refractivity contribution in [3.8, 4) is 6.01 Å². The first-order valence-corrected chi connectivity index (χ1v) is 13.2. The minimum absolute atomic E-state index is 0.443. The number of aromatic nitrogens is 2. The lowest BCUT2D eigenvalue weighted by molar-refractivity contribution is 0.177. The van der Waals surface area contributed by atoms with Crippen LogP contribution in [0.4, 0.5) is 5.82 Å². The lowest BCUT2D eigenvalue weighted by atomic mass is 10.1. The van der Waals surface area contributed by atoms with E-state index in [0.29, 0.717) is 17.9 Å². The molecule has 0 saturated carbocycles. The van der Waals surface area contributed by atoms with Crippen LogP contribution in [0.15, 0.2) is 22.3 Å². The van der Waals surface area contributed by atoms with Gasteiger partial charge in [0.05, 0.1) is 16.9 Å². The van der Waals surface area contributed by atoms with E-state index < -0.39 is 0 Å². The van der Waals surface area contributed by atoms with Crippen LogP contribution in [0.25, 0.3) is 0 Å². The van der Waals surface area contributed by atoms with Crippen molar-refractivity contribution < 1.29 is 4.74 Å². The van der Waals surface area contributed by atoms with Crippen LogP contribution >= 0.6 is 11.8 Å². The van der Waals surface area contributed by atoms with Gasteiger partial charge in [0, 0.05) is 31.0 Å². The lowest BCUT2D eigenvalue weighted by Gasteiger charge is -2.26. The van der Waals surface area contributed by atoms with Gasteiger partial charge < -0.3 is 9.64 Å². The molecule has 2 aliphatic heterocycles. The molecule has 3 heterocycles. The summed E-state index contributed by atoms with van der Waals surface area (Å²) in [5, 5.41) is 6.23. The molecule has 1 unspecified atom stereocenters. The van der Waals surface area contributed by atoms with Crippen LogP contribution < -0.4 is 15.1 Å². The number of anilines is 1. The molecular weight excluding hydrogens is 420 g/mol. The number of allylic oxidation sites excluding steroid dienone is 1. The summed E-state index contributed by atoms with van der Waals surface area (Å²) in [4.78, 5) is 14.1. The largest absolute Gasteiger partial charge is 0.462 e. The number of hydrogen-bond donors (Lipinski definition) is 1. The fourth-order valence-electron chi connectivity index (χ4n) is 4.05. The summed E-state index contributed by atoms with van der Waals surface area (Å²) >= 11 is 1.86. The Morgan fingerprint density at radius 2 is 1.97 bits per heavy atom. The molecule has 3 rings (SSSR count). The molecule has 32 heavy (non-hydrogen) atoms. The predicted molar refractivity (Wildman–Crippen MR) is 136 cm³/mol. The van der Waals surface area contributed by atoms with Crippen LogP contribution in [0.2, 0.25) is 0 Å². The van der Waals surface area contributed by atoms with E-state index in [4.69, 9.17) is 9.72 Å². The average molecular weight is 461 g/mol. The number of thioether (sulfide) groups is 1. The molecule has 0 spiro atoms. The maximum Gasteiger partial charge on any atom is 0.319 e. The van der Waals surface area contributed by atoms with Gasteiger partial charge in [-0.05, 0) is 51.6 Å². The molecule has 1 aromatic rings. The molecule has 0 amide bonds. The van der Waals surface area contributed by atoms with E-state index in [0.717, 1.165) is 55.4 Å². The van der Waals surface area contributed by atoms with Gasteiger partial charge in [-0.25, -0.2) is 0 Å². The Labute approximate surface area is 198 Å². The molecular formula is C24H40N6OS. The van der Waals surface area contributed by atoms with Crippen molar-refractivity contribution in [2.45, 2.75) is 71.0 Å². The second-order valence-electron chi connectivity index (χ2n) is 8.49. The van der Waals surface area contributed by atoms with Crippen LogP contribution in [-0.2, 0) is 0 Å². The number of nitrogens with one attached hydrogen (secondary N) is 1. The second-order valence-corrected chi connectivity index (χ2v) is 9.84. The number of piperidine rings is 1. The molecule has 2 aliphatic rings. The highest BCUT2D eigenvalue weighted by Gasteiger charge is 2.16. The van der Waals surface area contributed by atoms with E-state index in [9.17, 15) is 0 Å². The number of hydrazone groups is 1. The maximum atomic E-state index is 6.02. The molecule has 0 radical (unpaired) electrons. The Hall–Kier alpha value is -1.80. The van der Waals surface area contributed by atoms with Gasteiger partial charge in [-0.1, -0.05) is 33.3 Å². The van der Waals surface area contributed by atoms with E-state index >= 15 is 0 Å². The molecule has 1 atom stereocenters. The van der Waals surface area contributed by atoms with E-state index in [2.05, 4.69) is 52.2 Å². The van der Waals surface area contributed by atoms with E-state index in [-0.39, 0.29) is 0 Å². The fourth-order valence-corrected chi connectivity index (χ4v) is 5.07. The first-order valence-electron chi connectivity index (χ1n) is 12.4. The van der Waals surface area contributed by atoms with Gasteiger partial charge in [-0.3, -0.25) is 10.3 Å². The standard InChI is InChI=1S/C24H40N6OS/c1-4-12-30(13-5-2)22-18-20(19-25-28-23-11-10-21(6-3)32-23)26-24(27-22)31-17-16-29-14-8-7-9-15-29/h11,18-19,21,28H,4-10,12-17H2,1-3H3/b25-19+. The predicted octanol–water partition coefficient (Wildman–Crippen LogP) is 4.65. The van der Waals surface area contributed by atoms with Crippen molar-refractivity contribution in [1.82, 2.24) is 20.3 Å². The molecule has 7 nitrogen and oxygen atoms in total. The maximum absolute atomic E-state index is 6.02. The summed E-state index contributed by atoms with van der Waals surface area (Å²) in [6.45, 7) is 12.4. The summed E-state index contributed by atoms with van der Waals surface area (Å²) in [7, 11) is 0. The molecule has 0 aromatic carbocycles. The monoisotopic (exact) mass is 460 g/mol. The van der Waals surface area contributed by atoms with Gasteiger partial charge in [0.25, 0.3) is 0 Å². The zero-order valence-electron chi connectivity index (χ0n) is 20.1. The van der Waals surface area contributed by atoms with Crippen LogP contribution in [0.3, 0.4) is 0 Å². The van der Waals surface area contributed by atoms with E-state index in [1.165, 1.54) is 38.8 Å². The average Bonchev–Trinajstić information content (AvgIpc) is 3.28. The summed E-state index contributed by atoms with van der Waals surface area (Å²) in [5.74, 6) is 0.915. The first-order chi connectivity index (χ1) is 15.7. The Morgan fingerprint density at radius 1 is 1.19 bits per heavy atom. The summed E-state index contributed by atoms with van der Waals surface area (Å²) in [6, 6.07) is 2.46. The Kier molecular flexibility index (Phi) is 10.6. The lowest BCUT2D eigenvalue weighted by Crippen LogP contribution is -2.33. The Balaban J connectivity index is 1.66. The van der Waals surface area contributed by atoms with Crippen molar-refractivity contribution in [1.29, 1.82) is 0 Å². The molecule has 0 bridgehead atoms.